The van der Waals surface area contributed by atoms with E-state index < -0.39 is 17.8 Å². The van der Waals surface area contributed by atoms with Gasteiger partial charge in [0.2, 0.25) is 0 Å². The van der Waals surface area contributed by atoms with Crippen LogP contribution in [0.25, 0.3) is 0 Å². The highest BCUT2D eigenvalue weighted by atomic mass is 35.5. The molecule has 0 saturated carbocycles. The van der Waals surface area contributed by atoms with Gasteiger partial charge < -0.3 is 10.5 Å². The highest BCUT2D eigenvalue weighted by Gasteiger charge is 2.30. The molecule has 112 valence electrons. The van der Waals surface area contributed by atoms with E-state index >= 15 is 0 Å². The predicted octanol–water partition coefficient (Wildman–Crippen LogP) is 4.44. The number of ether oxygens (including phenoxy) is 1. The molecule has 0 radical (unpaired) electrons. The molecule has 1 unspecified atom stereocenters. The minimum atomic E-state index is -4.40. The van der Waals surface area contributed by atoms with Gasteiger partial charge in [-0.15, -0.1) is 0 Å². The fraction of sp³-hybridized carbons (Fsp3) is 0.200. The van der Waals surface area contributed by atoms with Crippen molar-refractivity contribution in [2.45, 2.75) is 12.2 Å². The highest BCUT2D eigenvalue weighted by Crippen LogP contribution is 2.31. The van der Waals surface area contributed by atoms with Crippen LogP contribution in [0.5, 0.6) is 5.75 Å². The normalized spacial score (nSPS) is 13.0. The van der Waals surface area contributed by atoms with Crippen LogP contribution in [0.15, 0.2) is 48.5 Å². The fourth-order valence-corrected chi connectivity index (χ4v) is 2.09. The van der Waals surface area contributed by atoms with Crippen molar-refractivity contribution in [3.8, 4) is 5.75 Å². The molecule has 0 aromatic heterocycles. The Labute approximate surface area is 125 Å². The van der Waals surface area contributed by atoms with Crippen molar-refractivity contribution >= 4 is 11.6 Å². The van der Waals surface area contributed by atoms with E-state index in [0.717, 1.165) is 12.1 Å². The van der Waals surface area contributed by atoms with Crippen LogP contribution in [0.1, 0.15) is 17.2 Å². The predicted molar refractivity (Wildman–Crippen MR) is 75.3 cm³/mol. The van der Waals surface area contributed by atoms with Gasteiger partial charge in [0.1, 0.15) is 12.4 Å². The molecular weight excluding hydrogens is 303 g/mol. The van der Waals surface area contributed by atoms with Crippen LogP contribution in [0.4, 0.5) is 13.2 Å². The van der Waals surface area contributed by atoms with E-state index in [1.54, 1.807) is 24.3 Å². The molecule has 0 aliphatic rings. The molecule has 2 N–H and O–H groups in total. The summed E-state index contributed by atoms with van der Waals surface area (Å²) in [5, 5.41) is 0.498. The summed E-state index contributed by atoms with van der Waals surface area (Å²) in [5.41, 5.74) is 5.86. The number of halogens is 4. The second kappa shape index (κ2) is 6.37. The average Bonchev–Trinajstić information content (AvgIpc) is 2.45. The SMILES string of the molecule is NC(COc1cccc(C(F)(F)F)c1)c1ccccc1Cl. The Hall–Kier alpha value is -1.72. The molecule has 0 amide bonds. The smallest absolute Gasteiger partial charge is 0.416 e. The van der Waals surface area contributed by atoms with E-state index in [4.69, 9.17) is 22.1 Å². The molecule has 0 spiro atoms. The molecule has 0 fully saturated rings. The monoisotopic (exact) mass is 315 g/mol. The Morgan fingerprint density at radius 1 is 1.10 bits per heavy atom. The van der Waals surface area contributed by atoms with Crippen LogP contribution in [0, 0.1) is 0 Å². The Bertz CT molecular complexity index is 616. The van der Waals surface area contributed by atoms with E-state index in [1.807, 2.05) is 0 Å². The van der Waals surface area contributed by atoms with Crippen LogP contribution in [-0.4, -0.2) is 6.61 Å². The molecule has 1 atom stereocenters. The molecule has 0 aliphatic carbocycles. The molecule has 2 aromatic carbocycles. The first-order chi connectivity index (χ1) is 9.88. The number of hydrogen-bond acceptors (Lipinski definition) is 2. The maximum absolute atomic E-state index is 12.6. The molecule has 0 heterocycles. The Morgan fingerprint density at radius 2 is 1.81 bits per heavy atom. The molecule has 2 aromatic rings. The number of benzene rings is 2. The van der Waals surface area contributed by atoms with Crippen molar-refractivity contribution in [2.75, 3.05) is 6.61 Å². The van der Waals surface area contributed by atoms with Gasteiger partial charge in [0, 0.05) is 5.02 Å². The molecule has 0 aliphatic heterocycles. The topological polar surface area (TPSA) is 35.2 Å². The summed E-state index contributed by atoms with van der Waals surface area (Å²) >= 11 is 6.00. The second-order valence-corrected chi connectivity index (χ2v) is 4.87. The Morgan fingerprint density at radius 3 is 2.48 bits per heavy atom. The first-order valence-corrected chi connectivity index (χ1v) is 6.56. The summed E-state index contributed by atoms with van der Waals surface area (Å²) in [5.74, 6) is 0.118. The standard InChI is InChI=1S/C15H13ClF3NO/c16-13-7-2-1-6-12(13)14(20)9-21-11-5-3-4-10(8-11)15(17,18)19/h1-8,14H,9,20H2. The lowest BCUT2D eigenvalue weighted by molar-refractivity contribution is -0.137. The summed E-state index contributed by atoms with van der Waals surface area (Å²) < 4.78 is 43.1. The minimum Gasteiger partial charge on any atom is -0.492 e. The summed E-state index contributed by atoms with van der Waals surface area (Å²) in [7, 11) is 0. The average molecular weight is 316 g/mol. The van der Waals surface area contributed by atoms with Crippen LogP contribution in [0.3, 0.4) is 0 Å². The Balaban J connectivity index is 2.05. The van der Waals surface area contributed by atoms with E-state index in [-0.39, 0.29) is 12.4 Å². The highest BCUT2D eigenvalue weighted by molar-refractivity contribution is 6.31. The van der Waals surface area contributed by atoms with Crippen LogP contribution < -0.4 is 10.5 Å². The summed E-state index contributed by atoms with van der Waals surface area (Å²) in [6.45, 7) is 0.0328. The van der Waals surface area contributed by atoms with Gasteiger partial charge in [-0.1, -0.05) is 35.9 Å². The molecule has 21 heavy (non-hydrogen) atoms. The lowest BCUT2D eigenvalue weighted by atomic mass is 10.1. The zero-order valence-electron chi connectivity index (χ0n) is 10.9. The van der Waals surface area contributed by atoms with Gasteiger partial charge in [0.15, 0.2) is 0 Å². The van der Waals surface area contributed by atoms with Gasteiger partial charge in [0.25, 0.3) is 0 Å². The third kappa shape index (κ3) is 4.12. The number of nitrogens with two attached hydrogens (primary N) is 1. The van der Waals surface area contributed by atoms with Crippen LogP contribution >= 0.6 is 11.6 Å². The molecule has 0 bridgehead atoms. The third-order valence-corrected chi connectivity index (χ3v) is 3.24. The summed E-state index contributed by atoms with van der Waals surface area (Å²) in [6.07, 6.45) is -4.40. The van der Waals surface area contributed by atoms with Gasteiger partial charge in [-0.25, -0.2) is 0 Å². The van der Waals surface area contributed by atoms with Gasteiger partial charge in [-0.3, -0.25) is 0 Å². The Kier molecular flexibility index (Phi) is 4.75. The van der Waals surface area contributed by atoms with Crippen molar-refractivity contribution in [1.82, 2.24) is 0 Å². The van der Waals surface area contributed by atoms with E-state index in [1.165, 1.54) is 12.1 Å². The fourth-order valence-electron chi connectivity index (χ4n) is 1.81. The molecular formula is C15H13ClF3NO. The van der Waals surface area contributed by atoms with Crippen molar-refractivity contribution in [3.05, 3.63) is 64.7 Å². The van der Waals surface area contributed by atoms with Crippen LogP contribution in [0.2, 0.25) is 5.02 Å². The van der Waals surface area contributed by atoms with Crippen molar-refractivity contribution in [1.29, 1.82) is 0 Å². The van der Waals surface area contributed by atoms with Gasteiger partial charge in [-0.05, 0) is 29.8 Å². The van der Waals surface area contributed by atoms with Crippen molar-refractivity contribution in [3.63, 3.8) is 0 Å². The van der Waals surface area contributed by atoms with E-state index in [2.05, 4.69) is 0 Å². The number of alkyl halides is 3. The quantitative estimate of drug-likeness (QED) is 0.905. The van der Waals surface area contributed by atoms with Crippen molar-refractivity contribution < 1.29 is 17.9 Å². The first kappa shape index (κ1) is 15.7. The number of rotatable bonds is 4. The largest absolute Gasteiger partial charge is 0.492 e. The van der Waals surface area contributed by atoms with E-state index in [9.17, 15) is 13.2 Å². The second-order valence-electron chi connectivity index (χ2n) is 4.46. The third-order valence-electron chi connectivity index (χ3n) is 2.90. The van der Waals surface area contributed by atoms with Crippen molar-refractivity contribution in [2.24, 2.45) is 5.73 Å². The number of hydrogen-bond donors (Lipinski definition) is 1. The minimum absolute atomic E-state index is 0.0328. The molecule has 6 heteroatoms. The van der Waals surface area contributed by atoms with Gasteiger partial charge in [0.05, 0.1) is 11.6 Å². The summed E-state index contributed by atoms with van der Waals surface area (Å²) in [6, 6.07) is 11.2. The lowest BCUT2D eigenvalue weighted by Gasteiger charge is -2.15. The zero-order chi connectivity index (χ0) is 15.5. The van der Waals surface area contributed by atoms with Crippen LogP contribution in [-0.2, 0) is 6.18 Å². The maximum Gasteiger partial charge on any atom is 0.416 e. The molecule has 2 nitrogen and oxygen atoms in total. The zero-order valence-corrected chi connectivity index (χ0v) is 11.7. The molecule has 0 saturated heterocycles. The maximum atomic E-state index is 12.6. The first-order valence-electron chi connectivity index (χ1n) is 6.18. The summed E-state index contributed by atoms with van der Waals surface area (Å²) in [4.78, 5) is 0. The van der Waals surface area contributed by atoms with Gasteiger partial charge in [-0.2, -0.15) is 13.2 Å². The molecule has 2 rings (SSSR count). The van der Waals surface area contributed by atoms with Gasteiger partial charge >= 0.3 is 6.18 Å². The lowest BCUT2D eigenvalue weighted by Crippen LogP contribution is -2.19. The van der Waals surface area contributed by atoms with E-state index in [0.29, 0.717) is 10.6 Å².